The normalized spacial score (nSPS) is 10.5. The molecule has 0 spiro atoms. The fourth-order valence-electron chi connectivity index (χ4n) is 2.31. The van der Waals surface area contributed by atoms with Gasteiger partial charge in [-0.25, -0.2) is 9.37 Å². The van der Waals surface area contributed by atoms with Crippen molar-refractivity contribution < 1.29 is 13.6 Å². The zero-order chi connectivity index (χ0) is 16.2. The van der Waals surface area contributed by atoms with Gasteiger partial charge in [-0.2, -0.15) is 0 Å². The number of nitrogens with zero attached hydrogens (tertiary/aromatic N) is 1. The van der Waals surface area contributed by atoms with Crippen molar-refractivity contribution in [2.75, 3.05) is 0 Å². The number of oxazole rings is 1. The third kappa shape index (κ3) is 3.45. The first-order valence-corrected chi connectivity index (χ1v) is 7.16. The zero-order valence-corrected chi connectivity index (χ0v) is 12.5. The second-order valence-corrected chi connectivity index (χ2v) is 5.21. The van der Waals surface area contributed by atoms with Crippen molar-refractivity contribution in [2.24, 2.45) is 0 Å². The van der Waals surface area contributed by atoms with E-state index in [9.17, 15) is 9.18 Å². The van der Waals surface area contributed by atoms with Crippen LogP contribution < -0.4 is 5.32 Å². The first-order valence-electron chi connectivity index (χ1n) is 7.16. The van der Waals surface area contributed by atoms with Crippen LogP contribution in [-0.4, -0.2) is 10.9 Å². The lowest BCUT2D eigenvalue weighted by molar-refractivity contribution is 0.0946. The van der Waals surface area contributed by atoms with E-state index in [-0.39, 0.29) is 24.0 Å². The molecule has 1 heterocycles. The number of nitrogens with one attached hydrogen (secondary N) is 1. The van der Waals surface area contributed by atoms with E-state index < -0.39 is 0 Å². The number of halogens is 1. The van der Waals surface area contributed by atoms with Crippen LogP contribution in [0.15, 0.2) is 59.3 Å². The maximum Gasteiger partial charge on any atom is 0.274 e. The van der Waals surface area contributed by atoms with E-state index in [4.69, 9.17) is 4.42 Å². The monoisotopic (exact) mass is 310 g/mol. The van der Waals surface area contributed by atoms with Crippen LogP contribution in [0.3, 0.4) is 0 Å². The van der Waals surface area contributed by atoms with E-state index in [0.29, 0.717) is 11.3 Å². The van der Waals surface area contributed by atoms with Gasteiger partial charge in [0.2, 0.25) is 0 Å². The Hall–Kier alpha value is -2.95. The van der Waals surface area contributed by atoms with Gasteiger partial charge in [0, 0.05) is 12.1 Å². The summed E-state index contributed by atoms with van der Waals surface area (Å²) in [5.74, 6) is -0.274. The van der Waals surface area contributed by atoms with Gasteiger partial charge in [0.1, 0.15) is 5.82 Å². The molecule has 0 aliphatic carbocycles. The predicted molar refractivity (Wildman–Crippen MR) is 84.2 cm³/mol. The lowest BCUT2D eigenvalue weighted by Crippen LogP contribution is -2.23. The summed E-state index contributed by atoms with van der Waals surface area (Å²) < 4.78 is 18.5. The highest BCUT2D eigenvalue weighted by atomic mass is 19.1. The molecular formula is C18H15FN2O2. The van der Waals surface area contributed by atoms with Crippen LogP contribution >= 0.6 is 0 Å². The maximum absolute atomic E-state index is 13.1. The van der Waals surface area contributed by atoms with Crippen LogP contribution in [0.25, 0.3) is 11.3 Å². The second-order valence-electron chi connectivity index (χ2n) is 5.21. The molecule has 23 heavy (non-hydrogen) atoms. The van der Waals surface area contributed by atoms with Crippen LogP contribution in [0.4, 0.5) is 4.39 Å². The summed E-state index contributed by atoms with van der Waals surface area (Å²) in [6.45, 7) is 2.18. The Morgan fingerprint density at radius 2 is 2.04 bits per heavy atom. The van der Waals surface area contributed by atoms with Crippen molar-refractivity contribution in [3.05, 3.63) is 77.6 Å². The smallest absolute Gasteiger partial charge is 0.274 e. The Balaban J connectivity index is 1.77. The van der Waals surface area contributed by atoms with Crippen molar-refractivity contribution in [1.29, 1.82) is 0 Å². The Kier molecular flexibility index (Phi) is 4.19. The van der Waals surface area contributed by atoms with E-state index in [1.165, 1.54) is 18.5 Å². The lowest BCUT2D eigenvalue weighted by Gasteiger charge is -2.05. The number of benzene rings is 2. The molecule has 5 heteroatoms. The number of carbonyl (C=O) groups excluding carboxylic acids is 1. The number of aromatic nitrogens is 1. The summed E-state index contributed by atoms with van der Waals surface area (Å²) in [6.07, 6.45) is 1.24. The largest absolute Gasteiger partial charge is 0.443 e. The van der Waals surface area contributed by atoms with Gasteiger partial charge in [0.25, 0.3) is 5.91 Å². The first kappa shape index (κ1) is 15.0. The van der Waals surface area contributed by atoms with Crippen LogP contribution in [0.5, 0.6) is 0 Å². The third-order valence-corrected chi connectivity index (χ3v) is 3.40. The van der Waals surface area contributed by atoms with Crippen molar-refractivity contribution in [2.45, 2.75) is 13.5 Å². The van der Waals surface area contributed by atoms with Crippen LogP contribution in [0, 0.1) is 12.7 Å². The Labute approximate surface area is 133 Å². The molecule has 0 aliphatic rings. The summed E-state index contributed by atoms with van der Waals surface area (Å²) in [4.78, 5) is 16.3. The highest BCUT2D eigenvalue weighted by Gasteiger charge is 2.18. The SMILES string of the molecule is Cc1cccc(-c2ocnc2C(=O)NCc2cccc(F)c2)c1. The molecule has 1 aromatic heterocycles. The molecule has 0 radical (unpaired) electrons. The Bertz CT molecular complexity index is 842. The van der Waals surface area contributed by atoms with Gasteiger partial charge < -0.3 is 9.73 Å². The molecular weight excluding hydrogens is 295 g/mol. The van der Waals surface area contributed by atoms with Crippen molar-refractivity contribution in [3.8, 4) is 11.3 Å². The highest BCUT2D eigenvalue weighted by molar-refractivity contribution is 5.97. The standard InChI is InChI=1S/C18H15FN2O2/c1-12-4-2-6-14(8-12)17-16(21-11-23-17)18(22)20-10-13-5-3-7-15(19)9-13/h2-9,11H,10H2,1H3,(H,20,22). The Morgan fingerprint density at radius 3 is 2.83 bits per heavy atom. The van der Waals surface area contributed by atoms with Gasteiger partial charge >= 0.3 is 0 Å². The summed E-state index contributed by atoms with van der Waals surface area (Å²) in [6, 6.07) is 13.7. The highest BCUT2D eigenvalue weighted by Crippen LogP contribution is 2.23. The van der Waals surface area contributed by atoms with Gasteiger partial charge in [-0.05, 0) is 30.7 Å². The summed E-state index contributed by atoms with van der Waals surface area (Å²) in [5, 5.41) is 2.73. The molecule has 3 aromatic rings. The second kappa shape index (κ2) is 6.44. The first-order chi connectivity index (χ1) is 11.1. The summed E-state index contributed by atoms with van der Waals surface area (Å²) in [7, 11) is 0. The number of carbonyl (C=O) groups is 1. The van der Waals surface area contributed by atoms with E-state index in [1.807, 2.05) is 31.2 Å². The number of hydrogen-bond acceptors (Lipinski definition) is 3. The third-order valence-electron chi connectivity index (χ3n) is 3.40. The molecule has 0 bridgehead atoms. The van der Waals surface area contributed by atoms with E-state index in [1.54, 1.807) is 12.1 Å². The van der Waals surface area contributed by atoms with Gasteiger partial charge in [0.15, 0.2) is 17.8 Å². The number of amides is 1. The molecule has 0 atom stereocenters. The molecule has 1 amide bonds. The summed E-state index contributed by atoms with van der Waals surface area (Å²) in [5.41, 5.74) is 2.74. The average Bonchev–Trinajstić information content (AvgIpc) is 3.02. The Morgan fingerprint density at radius 1 is 1.22 bits per heavy atom. The van der Waals surface area contributed by atoms with E-state index >= 15 is 0 Å². The zero-order valence-electron chi connectivity index (χ0n) is 12.5. The number of rotatable bonds is 4. The fraction of sp³-hybridized carbons (Fsp3) is 0.111. The molecule has 0 unspecified atom stereocenters. The molecule has 0 fully saturated rings. The van der Waals surface area contributed by atoms with Gasteiger partial charge in [0.05, 0.1) is 0 Å². The van der Waals surface area contributed by atoms with Gasteiger partial charge in [-0.15, -0.1) is 0 Å². The van der Waals surface area contributed by atoms with Gasteiger partial charge in [-0.3, -0.25) is 4.79 Å². The predicted octanol–water partition coefficient (Wildman–Crippen LogP) is 3.72. The molecule has 4 nitrogen and oxygen atoms in total. The molecule has 3 rings (SSSR count). The van der Waals surface area contributed by atoms with Crippen LogP contribution in [-0.2, 0) is 6.54 Å². The molecule has 0 saturated heterocycles. The average molecular weight is 310 g/mol. The minimum Gasteiger partial charge on any atom is -0.443 e. The van der Waals surface area contributed by atoms with Crippen LogP contribution in [0.2, 0.25) is 0 Å². The molecule has 0 aliphatic heterocycles. The maximum atomic E-state index is 13.1. The lowest BCUT2D eigenvalue weighted by atomic mass is 10.1. The molecule has 116 valence electrons. The van der Waals surface area contributed by atoms with E-state index in [0.717, 1.165) is 11.1 Å². The minimum absolute atomic E-state index is 0.215. The molecule has 2 aromatic carbocycles. The molecule has 0 saturated carbocycles. The molecule has 1 N–H and O–H groups in total. The van der Waals surface area contributed by atoms with Crippen molar-refractivity contribution in [3.63, 3.8) is 0 Å². The van der Waals surface area contributed by atoms with Crippen molar-refractivity contribution in [1.82, 2.24) is 10.3 Å². The fourth-order valence-corrected chi connectivity index (χ4v) is 2.31. The number of aryl methyl sites for hydroxylation is 1. The summed E-state index contributed by atoms with van der Waals surface area (Å²) >= 11 is 0. The van der Waals surface area contributed by atoms with Crippen LogP contribution in [0.1, 0.15) is 21.6 Å². The van der Waals surface area contributed by atoms with Gasteiger partial charge in [-0.1, -0.05) is 35.9 Å². The van der Waals surface area contributed by atoms with E-state index in [2.05, 4.69) is 10.3 Å². The van der Waals surface area contributed by atoms with Crippen molar-refractivity contribution >= 4 is 5.91 Å². The number of hydrogen-bond donors (Lipinski definition) is 1. The topological polar surface area (TPSA) is 55.1 Å². The quantitative estimate of drug-likeness (QED) is 0.799. The minimum atomic E-state index is -0.362.